The normalized spacial score (nSPS) is 17.5. The van der Waals surface area contributed by atoms with Gasteiger partial charge in [-0.15, -0.1) is 0 Å². The van der Waals surface area contributed by atoms with Crippen LogP contribution in [0.25, 0.3) is 22.6 Å². The second-order valence-corrected chi connectivity index (χ2v) is 8.64. The molecule has 1 aromatic carbocycles. The monoisotopic (exact) mass is 418 g/mol. The van der Waals surface area contributed by atoms with Crippen molar-refractivity contribution in [3.05, 3.63) is 36.7 Å². The van der Waals surface area contributed by atoms with Crippen LogP contribution >= 0.6 is 0 Å². The largest absolute Gasteiger partial charge is 0.368 e. The van der Waals surface area contributed by atoms with Gasteiger partial charge in [0.25, 0.3) is 0 Å². The molecule has 2 aliphatic rings. The summed E-state index contributed by atoms with van der Waals surface area (Å²) in [6, 6.07) is 10.6. The lowest BCUT2D eigenvalue weighted by Crippen LogP contribution is -2.27. The molecule has 0 unspecified atom stereocenters. The minimum absolute atomic E-state index is 0.280. The van der Waals surface area contributed by atoms with E-state index in [1.54, 1.807) is 0 Å². The maximum absolute atomic E-state index is 11.8. The van der Waals surface area contributed by atoms with Crippen molar-refractivity contribution in [2.45, 2.75) is 57.4 Å². The number of rotatable bonds is 7. The van der Waals surface area contributed by atoms with Crippen molar-refractivity contribution in [2.24, 2.45) is 0 Å². The Balaban J connectivity index is 1.41. The highest BCUT2D eigenvalue weighted by molar-refractivity contribution is 5.85. The topological polar surface area (TPSA) is 75.9 Å². The van der Waals surface area contributed by atoms with Crippen molar-refractivity contribution in [1.82, 2.24) is 24.4 Å². The third-order valence-electron chi connectivity index (χ3n) is 6.49. The number of hydrogen-bond donors (Lipinski definition) is 1. The van der Waals surface area contributed by atoms with E-state index >= 15 is 0 Å². The third kappa shape index (κ3) is 4.27. The minimum Gasteiger partial charge on any atom is -0.368 e. The van der Waals surface area contributed by atoms with Crippen molar-refractivity contribution < 1.29 is 4.79 Å². The van der Waals surface area contributed by atoms with Crippen molar-refractivity contribution in [2.75, 3.05) is 25.0 Å². The maximum Gasteiger partial charge on any atom is 0.222 e. The number of fused-ring (bicyclic) bond motifs is 1. The number of carbonyl (C=O) groups is 1. The first-order valence-electron chi connectivity index (χ1n) is 11.6. The number of likely N-dealkylation sites (tertiary alicyclic amines) is 1. The molecule has 0 atom stereocenters. The van der Waals surface area contributed by atoms with Crippen LogP contribution in [-0.2, 0) is 4.79 Å². The van der Waals surface area contributed by atoms with Crippen LogP contribution < -0.4 is 5.32 Å². The van der Waals surface area contributed by atoms with Crippen LogP contribution in [0.2, 0.25) is 0 Å². The molecule has 7 heteroatoms. The summed E-state index contributed by atoms with van der Waals surface area (Å²) in [6.07, 6.45) is 10.7. The van der Waals surface area contributed by atoms with Gasteiger partial charge in [-0.1, -0.05) is 49.6 Å². The summed E-state index contributed by atoms with van der Waals surface area (Å²) in [4.78, 5) is 28.3. The number of anilines is 1. The lowest BCUT2D eigenvalue weighted by molar-refractivity contribution is -0.127. The lowest BCUT2D eigenvalue weighted by Gasteiger charge is -2.23. The molecule has 0 bridgehead atoms. The van der Waals surface area contributed by atoms with Gasteiger partial charge in [-0.2, -0.15) is 0 Å². The van der Waals surface area contributed by atoms with E-state index < -0.39 is 0 Å². The Labute approximate surface area is 182 Å². The number of aromatic nitrogens is 4. The molecular weight excluding hydrogens is 388 g/mol. The van der Waals surface area contributed by atoms with E-state index in [-0.39, 0.29) is 5.91 Å². The third-order valence-corrected chi connectivity index (χ3v) is 6.49. The molecule has 1 aliphatic carbocycles. The number of nitrogens with zero attached hydrogens (tertiary/aromatic N) is 5. The van der Waals surface area contributed by atoms with Crippen LogP contribution in [0.4, 0.5) is 5.82 Å². The molecule has 1 saturated carbocycles. The fourth-order valence-electron chi connectivity index (χ4n) is 4.80. The lowest BCUT2D eigenvalue weighted by atomic mass is 9.95. The molecule has 1 aliphatic heterocycles. The summed E-state index contributed by atoms with van der Waals surface area (Å²) in [7, 11) is 0. The molecule has 0 radical (unpaired) electrons. The average Bonchev–Trinajstić information content (AvgIpc) is 3.44. The van der Waals surface area contributed by atoms with E-state index in [2.05, 4.69) is 9.88 Å². The summed E-state index contributed by atoms with van der Waals surface area (Å²) in [5.41, 5.74) is 2.76. The molecule has 162 valence electrons. The molecule has 0 spiro atoms. The Kier molecular flexibility index (Phi) is 5.82. The summed E-state index contributed by atoms with van der Waals surface area (Å²) in [6.45, 7) is 2.43. The fraction of sp³-hybridized carbons (Fsp3) is 0.500. The minimum atomic E-state index is 0.280. The van der Waals surface area contributed by atoms with E-state index in [9.17, 15) is 4.79 Å². The average molecular weight is 419 g/mol. The number of benzene rings is 1. The molecule has 2 aromatic heterocycles. The first kappa shape index (κ1) is 20.0. The zero-order valence-corrected chi connectivity index (χ0v) is 18.0. The number of nitrogens with one attached hydrogen (secondary N) is 1. The number of imidazole rings is 1. The van der Waals surface area contributed by atoms with Crippen LogP contribution in [0.3, 0.4) is 0 Å². The van der Waals surface area contributed by atoms with Crippen LogP contribution in [-0.4, -0.2) is 50.0 Å². The van der Waals surface area contributed by atoms with Gasteiger partial charge in [-0.3, -0.25) is 4.79 Å². The standard InChI is InChI=1S/C24H30N6O/c31-20-13-7-15-29(20)16-8-14-25-23-21-24(28-22(27-23)18-9-3-1-4-10-18)30(17-26-21)19-11-5-2-6-12-19/h1,3-4,9-10,17,19H,2,5-8,11-16H2,(H,25,27,28). The second kappa shape index (κ2) is 9.04. The van der Waals surface area contributed by atoms with Gasteiger partial charge in [0, 0.05) is 37.7 Å². The van der Waals surface area contributed by atoms with Crippen LogP contribution in [0.5, 0.6) is 0 Å². The molecule has 31 heavy (non-hydrogen) atoms. The van der Waals surface area contributed by atoms with Crippen molar-refractivity contribution in [1.29, 1.82) is 0 Å². The Morgan fingerprint density at radius 1 is 1.03 bits per heavy atom. The Bertz CT molecular complexity index is 1040. The van der Waals surface area contributed by atoms with E-state index in [1.807, 2.05) is 41.6 Å². The van der Waals surface area contributed by atoms with Gasteiger partial charge in [-0.05, 0) is 25.7 Å². The molecule has 5 rings (SSSR count). The van der Waals surface area contributed by atoms with Gasteiger partial charge in [0.2, 0.25) is 5.91 Å². The molecule has 7 nitrogen and oxygen atoms in total. The first-order chi connectivity index (χ1) is 15.3. The molecule has 1 amide bonds. The van der Waals surface area contributed by atoms with Gasteiger partial charge >= 0.3 is 0 Å². The van der Waals surface area contributed by atoms with Crippen LogP contribution in [0.15, 0.2) is 36.7 Å². The van der Waals surface area contributed by atoms with Gasteiger partial charge < -0.3 is 14.8 Å². The van der Waals surface area contributed by atoms with Crippen molar-refractivity contribution >= 4 is 22.9 Å². The molecule has 2 fully saturated rings. The summed E-state index contributed by atoms with van der Waals surface area (Å²) < 4.78 is 2.26. The van der Waals surface area contributed by atoms with Gasteiger partial charge in [0.1, 0.15) is 5.52 Å². The molecular formula is C24H30N6O. The molecule has 3 aromatic rings. The summed E-state index contributed by atoms with van der Waals surface area (Å²) in [5, 5.41) is 3.49. The maximum atomic E-state index is 11.8. The highest BCUT2D eigenvalue weighted by Gasteiger charge is 2.22. The molecule has 1 N–H and O–H groups in total. The first-order valence-corrected chi connectivity index (χ1v) is 11.6. The quantitative estimate of drug-likeness (QED) is 0.575. The second-order valence-electron chi connectivity index (χ2n) is 8.64. The number of hydrogen-bond acceptors (Lipinski definition) is 5. The van der Waals surface area contributed by atoms with Crippen LogP contribution in [0.1, 0.15) is 57.4 Å². The SMILES string of the molecule is O=C1CCCN1CCCNc1nc(-c2ccccc2)nc2c1ncn2C1CCCCC1. The van der Waals surface area contributed by atoms with Gasteiger partial charge in [-0.25, -0.2) is 15.0 Å². The highest BCUT2D eigenvalue weighted by atomic mass is 16.2. The highest BCUT2D eigenvalue weighted by Crippen LogP contribution is 2.32. The van der Waals surface area contributed by atoms with E-state index in [4.69, 9.17) is 15.0 Å². The van der Waals surface area contributed by atoms with Crippen molar-refractivity contribution in [3.63, 3.8) is 0 Å². The zero-order chi connectivity index (χ0) is 21.0. The number of carbonyl (C=O) groups excluding carboxylic acids is 1. The smallest absolute Gasteiger partial charge is 0.222 e. The van der Waals surface area contributed by atoms with Crippen LogP contribution in [0, 0.1) is 0 Å². The Morgan fingerprint density at radius 2 is 1.87 bits per heavy atom. The number of amides is 1. The zero-order valence-electron chi connectivity index (χ0n) is 18.0. The Hall–Kier alpha value is -2.96. The van der Waals surface area contributed by atoms with E-state index in [1.165, 1.54) is 32.1 Å². The fourth-order valence-corrected chi connectivity index (χ4v) is 4.80. The van der Waals surface area contributed by atoms with Gasteiger partial charge in [0.15, 0.2) is 17.3 Å². The summed E-state index contributed by atoms with van der Waals surface area (Å²) >= 11 is 0. The predicted molar refractivity (Wildman–Crippen MR) is 122 cm³/mol. The van der Waals surface area contributed by atoms with Gasteiger partial charge in [0.05, 0.1) is 6.33 Å². The van der Waals surface area contributed by atoms with E-state index in [0.29, 0.717) is 12.5 Å². The predicted octanol–water partition coefficient (Wildman–Crippen LogP) is 4.42. The van der Waals surface area contributed by atoms with E-state index in [0.717, 1.165) is 60.8 Å². The van der Waals surface area contributed by atoms with Crippen molar-refractivity contribution in [3.8, 4) is 11.4 Å². The molecule has 1 saturated heterocycles. The molecule has 3 heterocycles. The summed E-state index contributed by atoms with van der Waals surface area (Å²) in [5.74, 6) is 1.79. The Morgan fingerprint density at radius 3 is 2.65 bits per heavy atom.